The van der Waals surface area contributed by atoms with E-state index in [1.54, 1.807) is 6.08 Å². The second-order valence-corrected chi connectivity index (χ2v) is 6.31. The fourth-order valence-corrected chi connectivity index (χ4v) is 2.96. The van der Waals surface area contributed by atoms with Crippen molar-refractivity contribution >= 4 is 12.0 Å². The van der Waals surface area contributed by atoms with Crippen LogP contribution in [0.4, 0.5) is 0 Å². The Morgan fingerprint density at radius 2 is 1.65 bits per heavy atom. The Morgan fingerprint density at radius 3 is 2.31 bits per heavy atom. The van der Waals surface area contributed by atoms with Crippen molar-refractivity contribution in [3.63, 3.8) is 0 Å². The van der Waals surface area contributed by atoms with Gasteiger partial charge in [-0.3, -0.25) is 4.79 Å². The molecule has 0 aliphatic heterocycles. The number of nitrogens with zero attached hydrogens (tertiary/aromatic N) is 2. The van der Waals surface area contributed by atoms with Crippen molar-refractivity contribution in [3.8, 4) is 5.69 Å². The molecule has 0 spiro atoms. The van der Waals surface area contributed by atoms with E-state index in [4.69, 9.17) is 0 Å². The molecule has 1 amide bonds. The Kier molecular flexibility index (Phi) is 5.32. The monoisotopic (exact) mass is 345 g/mol. The Balaban J connectivity index is 1.74. The first-order chi connectivity index (χ1) is 12.6. The summed E-state index contributed by atoms with van der Waals surface area (Å²) in [4.78, 5) is 12.3. The number of nitrogens with one attached hydrogen (secondary N) is 1. The van der Waals surface area contributed by atoms with Gasteiger partial charge in [0.2, 0.25) is 5.91 Å². The van der Waals surface area contributed by atoms with Crippen molar-refractivity contribution in [1.82, 2.24) is 15.1 Å². The minimum Gasteiger partial charge on any atom is -0.346 e. The van der Waals surface area contributed by atoms with E-state index in [1.165, 1.54) is 0 Å². The van der Waals surface area contributed by atoms with Crippen molar-refractivity contribution in [3.05, 3.63) is 89.3 Å². The number of para-hydroxylation sites is 1. The van der Waals surface area contributed by atoms with Gasteiger partial charge in [0.25, 0.3) is 0 Å². The van der Waals surface area contributed by atoms with Gasteiger partial charge in [0.05, 0.1) is 17.4 Å². The number of aromatic nitrogens is 2. The number of aryl methyl sites for hydroxylation is 1. The Hall–Kier alpha value is -3.14. The van der Waals surface area contributed by atoms with Gasteiger partial charge in [-0.15, -0.1) is 0 Å². The van der Waals surface area contributed by atoms with Crippen molar-refractivity contribution in [2.75, 3.05) is 0 Å². The highest BCUT2D eigenvalue weighted by molar-refractivity contribution is 5.92. The highest BCUT2D eigenvalue weighted by Gasteiger charge is 2.11. The zero-order valence-electron chi connectivity index (χ0n) is 15.3. The summed E-state index contributed by atoms with van der Waals surface area (Å²) in [6, 6.07) is 19.9. The predicted molar refractivity (Wildman–Crippen MR) is 105 cm³/mol. The molecule has 26 heavy (non-hydrogen) atoms. The molecule has 3 rings (SSSR count). The summed E-state index contributed by atoms with van der Waals surface area (Å²) in [5.41, 5.74) is 4.96. The van der Waals surface area contributed by atoms with Crippen LogP contribution in [0.1, 0.15) is 35.5 Å². The smallest absolute Gasteiger partial charge is 0.244 e. The van der Waals surface area contributed by atoms with E-state index in [1.807, 2.05) is 92.2 Å². The van der Waals surface area contributed by atoms with Gasteiger partial charge in [0.1, 0.15) is 0 Å². The predicted octanol–water partition coefficient (Wildman–Crippen LogP) is 4.38. The van der Waals surface area contributed by atoms with Gasteiger partial charge in [0, 0.05) is 17.3 Å². The Bertz CT molecular complexity index is 911. The summed E-state index contributed by atoms with van der Waals surface area (Å²) in [5.74, 6) is -0.118. The van der Waals surface area contributed by atoms with Gasteiger partial charge < -0.3 is 5.32 Å². The third-order valence-electron chi connectivity index (χ3n) is 4.41. The first-order valence-corrected chi connectivity index (χ1v) is 8.71. The lowest BCUT2D eigenvalue weighted by Crippen LogP contribution is -2.24. The maximum atomic E-state index is 12.3. The second-order valence-electron chi connectivity index (χ2n) is 6.31. The molecule has 0 aliphatic rings. The van der Waals surface area contributed by atoms with Gasteiger partial charge in [-0.1, -0.05) is 48.5 Å². The molecule has 0 saturated heterocycles. The summed E-state index contributed by atoms with van der Waals surface area (Å²) >= 11 is 0. The van der Waals surface area contributed by atoms with E-state index < -0.39 is 0 Å². The molecule has 0 bridgehead atoms. The maximum absolute atomic E-state index is 12.3. The molecule has 0 fully saturated rings. The molecular weight excluding hydrogens is 322 g/mol. The van der Waals surface area contributed by atoms with Crippen LogP contribution in [-0.2, 0) is 4.79 Å². The highest BCUT2D eigenvalue weighted by Crippen LogP contribution is 2.19. The van der Waals surface area contributed by atoms with Crippen molar-refractivity contribution in [1.29, 1.82) is 0 Å². The molecule has 1 unspecified atom stereocenters. The molecule has 4 nitrogen and oxygen atoms in total. The standard InChI is InChI=1S/C22H23N3O/c1-16(19-10-6-4-7-11-19)23-22(26)15-14-21-17(2)24-25(18(21)3)20-12-8-5-9-13-20/h4-16H,1-3H3,(H,23,26). The molecule has 1 heterocycles. The molecule has 1 atom stereocenters. The number of rotatable bonds is 5. The Labute approximate surface area is 154 Å². The van der Waals surface area contributed by atoms with Crippen LogP contribution in [0.5, 0.6) is 0 Å². The van der Waals surface area contributed by atoms with Crippen LogP contribution in [0.3, 0.4) is 0 Å². The molecule has 3 aromatic rings. The number of hydrogen-bond acceptors (Lipinski definition) is 2. The minimum absolute atomic E-state index is 0.0393. The maximum Gasteiger partial charge on any atom is 0.244 e. The van der Waals surface area contributed by atoms with Crippen LogP contribution in [-0.4, -0.2) is 15.7 Å². The van der Waals surface area contributed by atoms with Crippen LogP contribution >= 0.6 is 0 Å². The number of hydrogen-bond donors (Lipinski definition) is 1. The molecule has 4 heteroatoms. The zero-order valence-corrected chi connectivity index (χ0v) is 15.3. The van der Waals surface area contributed by atoms with E-state index in [9.17, 15) is 4.79 Å². The number of benzene rings is 2. The second kappa shape index (κ2) is 7.83. The third kappa shape index (κ3) is 3.91. The topological polar surface area (TPSA) is 46.9 Å². The van der Waals surface area contributed by atoms with E-state index in [0.717, 1.165) is 28.2 Å². The van der Waals surface area contributed by atoms with E-state index in [0.29, 0.717) is 0 Å². The first-order valence-electron chi connectivity index (χ1n) is 8.71. The number of carbonyl (C=O) groups excluding carboxylic acids is 1. The lowest BCUT2D eigenvalue weighted by atomic mass is 10.1. The fraction of sp³-hybridized carbons (Fsp3) is 0.182. The lowest BCUT2D eigenvalue weighted by molar-refractivity contribution is -0.117. The van der Waals surface area contributed by atoms with E-state index >= 15 is 0 Å². The van der Waals surface area contributed by atoms with Gasteiger partial charge >= 0.3 is 0 Å². The molecule has 132 valence electrons. The molecule has 1 aromatic heterocycles. The molecular formula is C22H23N3O. The SMILES string of the molecule is Cc1nn(-c2ccccc2)c(C)c1C=CC(=O)NC(C)c1ccccc1. The number of amides is 1. The number of carbonyl (C=O) groups is 1. The van der Waals surface area contributed by atoms with Crippen molar-refractivity contribution in [2.45, 2.75) is 26.8 Å². The summed E-state index contributed by atoms with van der Waals surface area (Å²) in [6.07, 6.45) is 3.41. The van der Waals surface area contributed by atoms with Crippen LogP contribution in [0, 0.1) is 13.8 Å². The quantitative estimate of drug-likeness (QED) is 0.698. The normalized spacial score (nSPS) is 12.3. The van der Waals surface area contributed by atoms with Crippen LogP contribution in [0.15, 0.2) is 66.7 Å². The molecule has 2 aromatic carbocycles. The average molecular weight is 345 g/mol. The van der Waals surface area contributed by atoms with Crippen LogP contribution < -0.4 is 5.32 Å². The summed E-state index contributed by atoms with van der Waals surface area (Å²) in [6.45, 7) is 5.94. The highest BCUT2D eigenvalue weighted by atomic mass is 16.1. The third-order valence-corrected chi connectivity index (χ3v) is 4.41. The summed E-state index contributed by atoms with van der Waals surface area (Å²) in [5, 5.41) is 7.59. The zero-order chi connectivity index (χ0) is 18.5. The molecule has 0 aliphatic carbocycles. The molecule has 1 N–H and O–H groups in total. The largest absolute Gasteiger partial charge is 0.346 e. The van der Waals surface area contributed by atoms with Crippen molar-refractivity contribution in [2.24, 2.45) is 0 Å². The van der Waals surface area contributed by atoms with Gasteiger partial charge in [0.15, 0.2) is 0 Å². The molecule has 0 radical (unpaired) electrons. The first kappa shape index (κ1) is 17.7. The Morgan fingerprint density at radius 1 is 1.04 bits per heavy atom. The van der Waals surface area contributed by atoms with Crippen LogP contribution in [0.2, 0.25) is 0 Å². The van der Waals surface area contributed by atoms with E-state index in [2.05, 4.69) is 10.4 Å². The average Bonchev–Trinajstić information content (AvgIpc) is 2.95. The van der Waals surface area contributed by atoms with Gasteiger partial charge in [-0.05, 0) is 44.5 Å². The minimum atomic E-state index is -0.118. The fourth-order valence-electron chi connectivity index (χ4n) is 2.96. The summed E-state index contributed by atoms with van der Waals surface area (Å²) in [7, 11) is 0. The van der Waals surface area contributed by atoms with Gasteiger partial charge in [-0.25, -0.2) is 4.68 Å². The molecule has 0 saturated carbocycles. The van der Waals surface area contributed by atoms with Gasteiger partial charge in [-0.2, -0.15) is 5.10 Å². The van der Waals surface area contributed by atoms with E-state index in [-0.39, 0.29) is 11.9 Å². The van der Waals surface area contributed by atoms with Crippen LogP contribution in [0.25, 0.3) is 11.8 Å². The summed E-state index contributed by atoms with van der Waals surface area (Å²) < 4.78 is 1.90. The lowest BCUT2D eigenvalue weighted by Gasteiger charge is -2.12. The van der Waals surface area contributed by atoms with Crippen molar-refractivity contribution < 1.29 is 4.79 Å².